The summed E-state index contributed by atoms with van der Waals surface area (Å²) in [5.41, 5.74) is 2.75. The van der Waals surface area contributed by atoms with Crippen LogP contribution in [-0.4, -0.2) is 47.7 Å². The zero-order chi connectivity index (χ0) is 16.5. The maximum absolute atomic E-state index is 5.27. The van der Waals surface area contributed by atoms with Crippen LogP contribution in [0.4, 0.5) is 5.82 Å². The molecule has 2 aromatic rings. The molecule has 24 heavy (non-hydrogen) atoms. The number of hydrogen-bond donors (Lipinski definition) is 1. The molecule has 1 aromatic carbocycles. The molecular formula is C19H26N4O. The molecule has 128 valence electrons. The first-order chi connectivity index (χ1) is 11.7. The van der Waals surface area contributed by atoms with Crippen molar-refractivity contribution in [2.75, 3.05) is 32.1 Å². The van der Waals surface area contributed by atoms with E-state index in [1.165, 1.54) is 45.3 Å². The van der Waals surface area contributed by atoms with Crippen molar-refractivity contribution in [3.63, 3.8) is 0 Å². The Kier molecular flexibility index (Phi) is 4.27. The quantitative estimate of drug-likeness (QED) is 0.914. The normalized spacial score (nSPS) is 19.6. The highest BCUT2D eigenvalue weighted by atomic mass is 16.5. The minimum absolute atomic E-state index is 0.504. The summed E-state index contributed by atoms with van der Waals surface area (Å²) >= 11 is 0. The molecule has 4 rings (SSSR count). The molecule has 0 bridgehead atoms. The summed E-state index contributed by atoms with van der Waals surface area (Å²) in [7, 11) is 1.67. The second-order valence-corrected chi connectivity index (χ2v) is 7.17. The van der Waals surface area contributed by atoms with Gasteiger partial charge in [-0.3, -0.25) is 0 Å². The third-order valence-electron chi connectivity index (χ3n) is 5.19. The first-order valence-corrected chi connectivity index (χ1v) is 9.02. The molecule has 5 heteroatoms. The van der Waals surface area contributed by atoms with Gasteiger partial charge in [-0.15, -0.1) is 0 Å². The number of ether oxygens (including phenoxy) is 1. The van der Waals surface area contributed by atoms with Crippen molar-refractivity contribution in [1.82, 2.24) is 14.9 Å². The van der Waals surface area contributed by atoms with Gasteiger partial charge in [0, 0.05) is 31.7 Å². The number of hydrogen-bond acceptors (Lipinski definition) is 5. The Balaban J connectivity index is 1.43. The smallest absolute Gasteiger partial charge is 0.148 e. The summed E-state index contributed by atoms with van der Waals surface area (Å²) in [4.78, 5) is 12.1. The van der Waals surface area contributed by atoms with Gasteiger partial charge in [-0.25, -0.2) is 9.97 Å². The number of nitrogens with one attached hydrogen (secondary N) is 1. The van der Waals surface area contributed by atoms with Crippen molar-refractivity contribution in [1.29, 1.82) is 0 Å². The Morgan fingerprint density at radius 1 is 1.12 bits per heavy atom. The SMILES string of the molecule is COc1ccc2nc(NC3CCN(CC4CC4)CC3)c(C)nc2c1. The van der Waals surface area contributed by atoms with Crippen LogP contribution in [0.2, 0.25) is 0 Å². The number of likely N-dealkylation sites (tertiary alicyclic amines) is 1. The van der Waals surface area contributed by atoms with Gasteiger partial charge in [0.25, 0.3) is 0 Å². The second kappa shape index (κ2) is 6.55. The first-order valence-electron chi connectivity index (χ1n) is 9.02. The largest absolute Gasteiger partial charge is 0.497 e. The zero-order valence-corrected chi connectivity index (χ0v) is 14.6. The molecule has 0 radical (unpaired) electrons. The van der Waals surface area contributed by atoms with E-state index < -0.39 is 0 Å². The van der Waals surface area contributed by atoms with Crippen LogP contribution in [0.1, 0.15) is 31.4 Å². The Morgan fingerprint density at radius 2 is 1.92 bits per heavy atom. The number of aromatic nitrogens is 2. The Labute approximate surface area is 143 Å². The van der Waals surface area contributed by atoms with Gasteiger partial charge in [0.1, 0.15) is 11.6 Å². The van der Waals surface area contributed by atoms with E-state index in [0.717, 1.165) is 34.2 Å². The minimum Gasteiger partial charge on any atom is -0.497 e. The van der Waals surface area contributed by atoms with Gasteiger partial charge in [0.2, 0.25) is 0 Å². The lowest BCUT2D eigenvalue weighted by atomic mass is 10.0. The molecule has 2 heterocycles. The van der Waals surface area contributed by atoms with E-state index >= 15 is 0 Å². The molecule has 2 aliphatic rings. The number of fused-ring (bicyclic) bond motifs is 1. The minimum atomic E-state index is 0.504. The van der Waals surface area contributed by atoms with Crippen LogP contribution in [-0.2, 0) is 0 Å². The van der Waals surface area contributed by atoms with E-state index in [1.54, 1.807) is 7.11 Å². The molecule has 2 fully saturated rings. The van der Waals surface area contributed by atoms with Gasteiger partial charge in [-0.05, 0) is 50.7 Å². The van der Waals surface area contributed by atoms with Gasteiger partial charge in [-0.2, -0.15) is 0 Å². The van der Waals surface area contributed by atoms with E-state index in [9.17, 15) is 0 Å². The second-order valence-electron chi connectivity index (χ2n) is 7.17. The maximum atomic E-state index is 5.27. The highest BCUT2D eigenvalue weighted by Gasteiger charge is 2.27. The fourth-order valence-electron chi connectivity index (χ4n) is 3.50. The molecule has 0 unspecified atom stereocenters. The average molecular weight is 326 g/mol. The van der Waals surface area contributed by atoms with Gasteiger partial charge < -0.3 is 15.0 Å². The molecule has 1 N–H and O–H groups in total. The monoisotopic (exact) mass is 326 g/mol. The number of methoxy groups -OCH3 is 1. The van der Waals surface area contributed by atoms with Gasteiger partial charge in [0.05, 0.1) is 23.8 Å². The van der Waals surface area contributed by atoms with Crippen molar-refractivity contribution >= 4 is 16.9 Å². The molecule has 1 aliphatic heterocycles. The lowest BCUT2D eigenvalue weighted by Crippen LogP contribution is -2.40. The van der Waals surface area contributed by atoms with E-state index in [0.29, 0.717) is 6.04 Å². The average Bonchev–Trinajstić information content (AvgIpc) is 3.41. The third kappa shape index (κ3) is 3.46. The predicted octanol–water partition coefficient (Wildman–Crippen LogP) is 3.23. The fraction of sp³-hybridized carbons (Fsp3) is 0.579. The summed E-state index contributed by atoms with van der Waals surface area (Å²) < 4.78 is 5.27. The number of benzene rings is 1. The lowest BCUT2D eigenvalue weighted by molar-refractivity contribution is 0.211. The van der Waals surface area contributed by atoms with Crippen molar-refractivity contribution < 1.29 is 4.74 Å². The van der Waals surface area contributed by atoms with Crippen molar-refractivity contribution in [3.05, 3.63) is 23.9 Å². The van der Waals surface area contributed by atoms with Crippen LogP contribution in [0.5, 0.6) is 5.75 Å². The molecule has 5 nitrogen and oxygen atoms in total. The highest BCUT2D eigenvalue weighted by Crippen LogP contribution is 2.31. The zero-order valence-electron chi connectivity index (χ0n) is 14.6. The van der Waals surface area contributed by atoms with Crippen LogP contribution >= 0.6 is 0 Å². The molecule has 1 saturated carbocycles. The van der Waals surface area contributed by atoms with Crippen molar-refractivity contribution in [3.8, 4) is 5.75 Å². The molecular weight excluding hydrogens is 300 g/mol. The van der Waals surface area contributed by atoms with E-state index in [2.05, 4.69) is 10.2 Å². The summed E-state index contributed by atoms with van der Waals surface area (Å²) in [6, 6.07) is 6.36. The number of aryl methyl sites for hydroxylation is 1. The Bertz CT molecular complexity index is 721. The molecule has 0 spiro atoms. The first kappa shape index (κ1) is 15.6. The fourth-order valence-corrected chi connectivity index (χ4v) is 3.50. The summed E-state index contributed by atoms with van der Waals surface area (Å²) in [5, 5.41) is 3.63. The van der Waals surface area contributed by atoms with Crippen molar-refractivity contribution in [2.24, 2.45) is 5.92 Å². The van der Waals surface area contributed by atoms with Crippen LogP contribution in [0.15, 0.2) is 18.2 Å². The molecule has 0 atom stereocenters. The van der Waals surface area contributed by atoms with Crippen LogP contribution in [0.3, 0.4) is 0 Å². The highest BCUT2D eigenvalue weighted by molar-refractivity contribution is 5.78. The molecule has 1 saturated heterocycles. The number of anilines is 1. The maximum Gasteiger partial charge on any atom is 0.148 e. The lowest BCUT2D eigenvalue weighted by Gasteiger charge is -2.32. The van der Waals surface area contributed by atoms with Gasteiger partial charge >= 0.3 is 0 Å². The Morgan fingerprint density at radius 3 is 2.62 bits per heavy atom. The summed E-state index contributed by atoms with van der Waals surface area (Å²) in [6.07, 6.45) is 5.26. The van der Waals surface area contributed by atoms with Crippen LogP contribution < -0.4 is 10.1 Å². The van der Waals surface area contributed by atoms with Crippen LogP contribution in [0, 0.1) is 12.8 Å². The van der Waals surface area contributed by atoms with E-state index in [-0.39, 0.29) is 0 Å². The molecule has 1 aliphatic carbocycles. The third-order valence-corrected chi connectivity index (χ3v) is 5.19. The van der Waals surface area contributed by atoms with E-state index in [1.807, 2.05) is 25.1 Å². The number of rotatable bonds is 5. The van der Waals surface area contributed by atoms with Crippen LogP contribution in [0.25, 0.3) is 11.0 Å². The standard InChI is InChI=1S/C19H26N4O/c1-13-19(22-17-6-5-16(24-2)11-18(17)20-13)21-15-7-9-23(10-8-15)12-14-3-4-14/h5-6,11,14-15H,3-4,7-10,12H2,1-2H3,(H,21,22). The van der Waals surface area contributed by atoms with E-state index in [4.69, 9.17) is 14.7 Å². The van der Waals surface area contributed by atoms with Crippen molar-refractivity contribution in [2.45, 2.75) is 38.6 Å². The molecule has 1 aromatic heterocycles. The summed E-state index contributed by atoms with van der Waals surface area (Å²) in [5.74, 6) is 2.73. The Hall–Kier alpha value is -1.88. The number of nitrogens with zero attached hydrogens (tertiary/aromatic N) is 3. The summed E-state index contributed by atoms with van der Waals surface area (Å²) in [6.45, 7) is 5.73. The molecule has 0 amide bonds. The van der Waals surface area contributed by atoms with Gasteiger partial charge in [0.15, 0.2) is 0 Å². The predicted molar refractivity (Wildman–Crippen MR) is 96.6 cm³/mol. The van der Waals surface area contributed by atoms with Gasteiger partial charge in [-0.1, -0.05) is 0 Å². The number of piperidine rings is 1. The topological polar surface area (TPSA) is 50.3 Å².